The number of esters is 1. The Kier molecular flexibility index (Phi) is 6.87. The van der Waals surface area contributed by atoms with Crippen LogP contribution in [0.2, 0.25) is 5.02 Å². The lowest BCUT2D eigenvalue weighted by molar-refractivity contribution is -0.140. The summed E-state index contributed by atoms with van der Waals surface area (Å²) in [6.45, 7) is 0. The molecule has 2 unspecified atom stereocenters. The van der Waals surface area contributed by atoms with E-state index in [2.05, 4.69) is 5.32 Å². The van der Waals surface area contributed by atoms with Crippen molar-refractivity contribution in [2.75, 3.05) is 26.6 Å². The van der Waals surface area contributed by atoms with Crippen molar-refractivity contribution in [3.05, 3.63) is 52.3 Å². The number of thiocarbonyl (C=S) groups is 1. The van der Waals surface area contributed by atoms with Crippen LogP contribution in [0.15, 0.2) is 30.3 Å². The molecule has 0 aromatic heterocycles. The van der Waals surface area contributed by atoms with Gasteiger partial charge in [0.2, 0.25) is 0 Å². The number of halogens is 2. The van der Waals surface area contributed by atoms with Crippen LogP contribution in [0.4, 0.5) is 10.1 Å². The molecular weight excluding hydrogens is 437 g/mol. The Balaban J connectivity index is 2.20. The second kappa shape index (κ2) is 9.19. The Labute approximate surface area is 182 Å². The molecule has 1 heterocycles. The highest BCUT2D eigenvalue weighted by Crippen LogP contribution is 2.50. The average Bonchev–Trinajstić information content (AvgIpc) is 2.84. The van der Waals surface area contributed by atoms with E-state index in [9.17, 15) is 9.18 Å². The molecule has 0 radical (unpaired) electrons. The molecule has 0 saturated carbocycles. The van der Waals surface area contributed by atoms with Gasteiger partial charge < -0.3 is 19.5 Å². The number of carbonyl (C=O) groups excluding carboxylic acids is 1. The fraction of sp³-hybridized carbons (Fsp3) is 0.300. The second-order valence-electron chi connectivity index (χ2n) is 6.21. The lowest BCUT2D eigenvalue weighted by Crippen LogP contribution is -2.25. The number of ether oxygens (including phenoxy) is 3. The number of nitrogens with one attached hydrogen (secondary N) is 1. The summed E-state index contributed by atoms with van der Waals surface area (Å²) in [5.41, 5.74) is 1.58. The number of hydrogen-bond acceptors (Lipinski definition) is 6. The highest BCUT2D eigenvalue weighted by Gasteiger charge is 2.34. The minimum Gasteiger partial charge on any atom is -0.493 e. The number of carbonyl (C=O) groups is 1. The molecule has 1 aliphatic heterocycles. The molecule has 2 aromatic carbocycles. The zero-order valence-electron chi connectivity index (χ0n) is 16.0. The minimum absolute atomic E-state index is 0.0408. The molecule has 154 valence electrons. The molecule has 0 saturated heterocycles. The maximum Gasteiger partial charge on any atom is 0.307 e. The maximum atomic E-state index is 14.8. The molecule has 3 rings (SSSR count). The number of fused-ring (bicyclic) bond motifs is 1. The average molecular weight is 456 g/mol. The van der Waals surface area contributed by atoms with E-state index in [0.717, 1.165) is 5.56 Å². The van der Waals surface area contributed by atoms with E-state index >= 15 is 0 Å². The molecule has 5 nitrogen and oxygen atoms in total. The smallest absolute Gasteiger partial charge is 0.307 e. The number of rotatable bonds is 5. The van der Waals surface area contributed by atoms with Gasteiger partial charge in [0.15, 0.2) is 11.5 Å². The normalized spacial score (nSPS) is 18.3. The fourth-order valence-corrected chi connectivity index (χ4v) is 5.14. The molecular formula is C20H19ClFNO4S2. The van der Waals surface area contributed by atoms with Crippen molar-refractivity contribution >= 4 is 52.2 Å². The second-order valence-corrected chi connectivity index (χ2v) is 8.40. The van der Waals surface area contributed by atoms with Crippen molar-refractivity contribution < 1.29 is 23.4 Å². The van der Waals surface area contributed by atoms with Gasteiger partial charge in [0.1, 0.15) is 5.82 Å². The van der Waals surface area contributed by atoms with Gasteiger partial charge >= 0.3 is 5.97 Å². The van der Waals surface area contributed by atoms with Gasteiger partial charge in [-0.2, -0.15) is 0 Å². The Hall–Kier alpha value is -2.03. The van der Waals surface area contributed by atoms with Crippen LogP contribution >= 0.6 is 35.6 Å². The van der Waals surface area contributed by atoms with E-state index in [0.29, 0.717) is 22.1 Å². The van der Waals surface area contributed by atoms with Crippen molar-refractivity contribution in [2.24, 2.45) is 0 Å². The van der Waals surface area contributed by atoms with Gasteiger partial charge in [-0.25, -0.2) is 4.39 Å². The van der Waals surface area contributed by atoms with Gasteiger partial charge in [-0.3, -0.25) is 4.79 Å². The lowest BCUT2D eigenvalue weighted by atomic mass is 10.0. The van der Waals surface area contributed by atoms with Crippen LogP contribution in [-0.4, -0.2) is 37.5 Å². The molecule has 2 atom stereocenters. The molecule has 0 spiro atoms. The summed E-state index contributed by atoms with van der Waals surface area (Å²) in [6, 6.07) is 8.38. The van der Waals surface area contributed by atoms with E-state index in [1.165, 1.54) is 32.0 Å². The van der Waals surface area contributed by atoms with Crippen LogP contribution in [0, 0.1) is 5.82 Å². The van der Waals surface area contributed by atoms with Crippen molar-refractivity contribution in [1.29, 1.82) is 0 Å². The monoisotopic (exact) mass is 455 g/mol. The van der Waals surface area contributed by atoms with E-state index in [1.54, 1.807) is 19.2 Å². The quantitative estimate of drug-likeness (QED) is 0.502. The SMILES string of the molecule is COC(=O)CC1SC(c2cccc(OC)c2OC)c2cc(Cl)cc(F)c2NC1=S. The van der Waals surface area contributed by atoms with Crippen molar-refractivity contribution in [3.8, 4) is 11.5 Å². The van der Waals surface area contributed by atoms with E-state index in [1.807, 2.05) is 12.1 Å². The highest BCUT2D eigenvalue weighted by atomic mass is 35.5. The summed E-state index contributed by atoms with van der Waals surface area (Å²) in [5, 5.41) is 2.35. The van der Waals surface area contributed by atoms with Crippen LogP contribution in [0.25, 0.3) is 0 Å². The zero-order chi connectivity index (χ0) is 21.1. The summed E-state index contributed by atoms with van der Waals surface area (Å²) < 4.78 is 30.6. The number of thioether (sulfide) groups is 1. The summed E-state index contributed by atoms with van der Waals surface area (Å²) in [6.07, 6.45) is 0.0408. The molecule has 1 aliphatic rings. The van der Waals surface area contributed by atoms with E-state index in [4.69, 9.17) is 38.0 Å². The van der Waals surface area contributed by atoms with Crippen LogP contribution in [0.1, 0.15) is 22.8 Å². The van der Waals surface area contributed by atoms with Crippen molar-refractivity contribution in [1.82, 2.24) is 0 Å². The Bertz CT molecular complexity index is 956. The van der Waals surface area contributed by atoms with Crippen LogP contribution in [0.3, 0.4) is 0 Å². The van der Waals surface area contributed by atoms with Gasteiger partial charge in [0.25, 0.3) is 0 Å². The van der Waals surface area contributed by atoms with E-state index < -0.39 is 22.3 Å². The first-order valence-corrected chi connectivity index (χ1v) is 10.4. The summed E-state index contributed by atoms with van der Waals surface area (Å²) in [4.78, 5) is 12.3. The molecule has 2 aromatic rings. The number of hydrogen-bond donors (Lipinski definition) is 1. The standard InChI is InChI=1S/C20H19ClFNO4S2/c1-25-14-6-4-5-11(18(14)27-3)19-12-7-10(21)8-13(22)17(12)23-20(28)15(29-19)9-16(24)26-2/h4-8,15,19H,9H2,1-3H3,(H,23,28). The zero-order valence-corrected chi connectivity index (χ0v) is 18.3. The first-order valence-electron chi connectivity index (χ1n) is 8.62. The molecule has 29 heavy (non-hydrogen) atoms. The summed E-state index contributed by atoms with van der Waals surface area (Å²) >= 11 is 13.0. The van der Waals surface area contributed by atoms with Crippen LogP contribution < -0.4 is 14.8 Å². The van der Waals surface area contributed by atoms with E-state index in [-0.39, 0.29) is 17.1 Å². The van der Waals surface area contributed by atoms with Gasteiger partial charge in [0.05, 0.1) is 48.9 Å². The number of para-hydroxylation sites is 1. The van der Waals surface area contributed by atoms with Crippen LogP contribution in [0.5, 0.6) is 11.5 Å². The van der Waals surface area contributed by atoms with Gasteiger partial charge in [-0.1, -0.05) is 36.0 Å². The Morgan fingerprint density at radius 1 is 1.24 bits per heavy atom. The molecule has 0 amide bonds. The summed E-state index contributed by atoms with van der Waals surface area (Å²) in [7, 11) is 4.40. The third-order valence-electron chi connectivity index (χ3n) is 4.50. The molecule has 0 aliphatic carbocycles. The van der Waals surface area contributed by atoms with Crippen LogP contribution in [-0.2, 0) is 9.53 Å². The van der Waals surface area contributed by atoms with Crippen molar-refractivity contribution in [3.63, 3.8) is 0 Å². The number of benzene rings is 2. The number of anilines is 1. The minimum atomic E-state index is -0.527. The maximum absolute atomic E-state index is 14.8. The Morgan fingerprint density at radius 2 is 2.00 bits per heavy atom. The van der Waals surface area contributed by atoms with Crippen molar-refractivity contribution in [2.45, 2.75) is 16.9 Å². The summed E-state index contributed by atoms with van der Waals surface area (Å²) in [5.74, 6) is 0.121. The predicted molar refractivity (Wildman–Crippen MR) is 117 cm³/mol. The molecule has 0 fully saturated rings. The third kappa shape index (κ3) is 4.44. The number of methoxy groups -OCH3 is 3. The fourth-order valence-electron chi connectivity index (χ4n) is 3.17. The molecule has 9 heteroatoms. The van der Waals surface area contributed by atoms with Gasteiger partial charge in [0, 0.05) is 10.6 Å². The first-order chi connectivity index (χ1) is 13.9. The predicted octanol–water partition coefficient (Wildman–Crippen LogP) is 5.00. The van der Waals surface area contributed by atoms with Gasteiger partial charge in [-0.05, 0) is 23.8 Å². The molecule has 0 bridgehead atoms. The topological polar surface area (TPSA) is 56.8 Å². The largest absolute Gasteiger partial charge is 0.493 e. The lowest BCUT2D eigenvalue weighted by Gasteiger charge is -2.23. The third-order valence-corrected chi connectivity index (χ3v) is 6.77. The Morgan fingerprint density at radius 3 is 2.66 bits per heavy atom. The highest BCUT2D eigenvalue weighted by molar-refractivity contribution is 8.02. The molecule has 1 N–H and O–H groups in total. The van der Waals surface area contributed by atoms with Gasteiger partial charge in [-0.15, -0.1) is 11.8 Å². The first kappa shape index (κ1) is 21.7.